The first-order valence-corrected chi connectivity index (χ1v) is 7.09. The predicted molar refractivity (Wildman–Crippen MR) is 76.6 cm³/mol. The molecule has 21 heavy (non-hydrogen) atoms. The molecular formula is C13H15ClN6O. The van der Waals surface area contributed by atoms with Crippen molar-refractivity contribution in [3.05, 3.63) is 41.2 Å². The van der Waals surface area contributed by atoms with Crippen molar-refractivity contribution in [3.63, 3.8) is 0 Å². The van der Waals surface area contributed by atoms with Crippen molar-refractivity contribution in [2.24, 2.45) is 0 Å². The molecule has 8 heteroatoms. The molecule has 2 N–H and O–H groups in total. The fourth-order valence-corrected chi connectivity index (χ4v) is 2.60. The van der Waals surface area contributed by atoms with Gasteiger partial charge < -0.3 is 10.6 Å². The van der Waals surface area contributed by atoms with Crippen LogP contribution in [0.1, 0.15) is 18.0 Å². The molecule has 3 rings (SSSR count). The van der Waals surface area contributed by atoms with Gasteiger partial charge in [0.25, 0.3) is 0 Å². The van der Waals surface area contributed by atoms with Gasteiger partial charge in [0, 0.05) is 18.1 Å². The molecule has 2 atom stereocenters. The Morgan fingerprint density at radius 2 is 2.33 bits per heavy atom. The lowest BCUT2D eigenvalue weighted by Gasteiger charge is -2.12. The van der Waals surface area contributed by atoms with Crippen LogP contribution >= 0.6 is 11.6 Å². The van der Waals surface area contributed by atoms with Crippen LogP contribution in [0.2, 0.25) is 5.02 Å². The van der Waals surface area contributed by atoms with Crippen molar-refractivity contribution in [2.45, 2.75) is 25.0 Å². The number of aromatic nitrogens is 4. The van der Waals surface area contributed by atoms with E-state index in [2.05, 4.69) is 26.2 Å². The Morgan fingerprint density at radius 1 is 1.48 bits per heavy atom. The molecule has 0 radical (unpaired) electrons. The minimum Gasteiger partial charge on any atom is -0.351 e. The van der Waals surface area contributed by atoms with Crippen LogP contribution in [0.3, 0.4) is 0 Å². The summed E-state index contributed by atoms with van der Waals surface area (Å²) in [7, 11) is 0. The highest BCUT2D eigenvalue weighted by Crippen LogP contribution is 2.18. The molecule has 1 aliphatic rings. The second-order valence-corrected chi connectivity index (χ2v) is 5.36. The zero-order chi connectivity index (χ0) is 14.7. The number of hydrogen-bond donors (Lipinski definition) is 2. The van der Waals surface area contributed by atoms with Crippen LogP contribution in [0.15, 0.2) is 30.6 Å². The summed E-state index contributed by atoms with van der Waals surface area (Å²) in [5.74, 6) is -0.0366. The summed E-state index contributed by atoms with van der Waals surface area (Å²) in [5.41, 5.74) is 0.905. The van der Waals surface area contributed by atoms with Gasteiger partial charge in [-0.05, 0) is 28.5 Å². The quantitative estimate of drug-likeness (QED) is 0.861. The van der Waals surface area contributed by atoms with Crippen molar-refractivity contribution in [2.75, 3.05) is 6.54 Å². The summed E-state index contributed by atoms with van der Waals surface area (Å²) >= 11 is 6.07. The Balaban J connectivity index is 1.54. The molecule has 1 aromatic heterocycles. The topological polar surface area (TPSA) is 84.7 Å². The number of tetrazole rings is 1. The number of amides is 1. The van der Waals surface area contributed by atoms with Crippen molar-refractivity contribution in [1.29, 1.82) is 0 Å². The van der Waals surface area contributed by atoms with Crippen LogP contribution in [0.5, 0.6) is 0 Å². The molecule has 0 spiro atoms. The van der Waals surface area contributed by atoms with Crippen LogP contribution < -0.4 is 10.6 Å². The Labute approximate surface area is 126 Å². The van der Waals surface area contributed by atoms with E-state index >= 15 is 0 Å². The van der Waals surface area contributed by atoms with E-state index in [1.54, 1.807) is 11.0 Å². The number of rotatable bonds is 4. The Bertz CT molecular complexity index is 617. The van der Waals surface area contributed by atoms with E-state index < -0.39 is 0 Å². The summed E-state index contributed by atoms with van der Waals surface area (Å²) in [4.78, 5) is 12.2. The third kappa shape index (κ3) is 3.20. The van der Waals surface area contributed by atoms with Gasteiger partial charge in [-0.15, -0.1) is 5.10 Å². The fraction of sp³-hybridized carbons (Fsp3) is 0.385. The Morgan fingerprint density at radius 3 is 3.10 bits per heavy atom. The number of nitrogens with zero attached hydrogens (tertiary/aromatic N) is 4. The molecule has 7 nitrogen and oxygen atoms in total. The maximum atomic E-state index is 12.2. The monoisotopic (exact) mass is 306 g/mol. The molecular weight excluding hydrogens is 292 g/mol. The van der Waals surface area contributed by atoms with E-state index in [9.17, 15) is 4.79 Å². The van der Waals surface area contributed by atoms with E-state index in [1.807, 2.05) is 24.3 Å². The van der Waals surface area contributed by atoms with Gasteiger partial charge in [0.1, 0.15) is 6.33 Å². The van der Waals surface area contributed by atoms with Gasteiger partial charge >= 0.3 is 0 Å². The summed E-state index contributed by atoms with van der Waals surface area (Å²) < 4.78 is 1.67. The fourth-order valence-electron chi connectivity index (χ4n) is 2.40. The van der Waals surface area contributed by atoms with Crippen LogP contribution in [-0.2, 0) is 11.3 Å². The van der Waals surface area contributed by atoms with E-state index in [1.165, 1.54) is 0 Å². The van der Waals surface area contributed by atoms with Crippen molar-refractivity contribution in [1.82, 2.24) is 30.8 Å². The number of benzene rings is 1. The molecule has 1 aliphatic heterocycles. The van der Waals surface area contributed by atoms with Crippen LogP contribution in [0.4, 0.5) is 0 Å². The number of halogens is 1. The average molecular weight is 307 g/mol. The van der Waals surface area contributed by atoms with Gasteiger partial charge in [-0.1, -0.05) is 29.8 Å². The summed E-state index contributed by atoms with van der Waals surface area (Å²) in [6.07, 6.45) is 2.23. The maximum Gasteiger partial charge on any atom is 0.237 e. The molecule has 1 aromatic carbocycles. The molecule has 1 saturated heterocycles. The number of nitrogens with one attached hydrogen (secondary N) is 2. The highest BCUT2D eigenvalue weighted by atomic mass is 35.5. The highest BCUT2D eigenvalue weighted by Gasteiger charge is 2.30. The molecule has 0 bridgehead atoms. The third-order valence-corrected chi connectivity index (χ3v) is 3.94. The lowest BCUT2D eigenvalue weighted by molar-refractivity contribution is -0.123. The first-order valence-electron chi connectivity index (χ1n) is 6.71. The molecule has 2 aromatic rings. The Hall–Kier alpha value is -1.99. The SMILES string of the molecule is O=C(NCc1ccccc1Cl)[C@@H]1C[C@@H](n2cnnn2)CN1. The Kier molecular flexibility index (Phi) is 4.12. The van der Waals surface area contributed by atoms with Crippen LogP contribution in [0, 0.1) is 0 Å². The van der Waals surface area contributed by atoms with E-state index in [-0.39, 0.29) is 18.0 Å². The van der Waals surface area contributed by atoms with Crippen LogP contribution in [-0.4, -0.2) is 38.7 Å². The third-order valence-electron chi connectivity index (χ3n) is 3.57. The standard InChI is InChI=1S/C13H15ClN6O/c14-11-4-2-1-3-9(11)6-16-13(21)12-5-10(7-15-12)20-8-17-18-19-20/h1-4,8,10,12,15H,5-7H2,(H,16,21)/t10-,12+/m1/s1. The lowest BCUT2D eigenvalue weighted by Crippen LogP contribution is -2.40. The molecule has 0 unspecified atom stereocenters. The first kappa shape index (κ1) is 14.0. The van der Waals surface area contributed by atoms with Crippen molar-refractivity contribution < 1.29 is 4.79 Å². The summed E-state index contributed by atoms with van der Waals surface area (Å²) in [6.45, 7) is 1.10. The molecule has 110 valence electrons. The normalized spacial score (nSPS) is 21.4. The van der Waals surface area contributed by atoms with Gasteiger partial charge in [-0.3, -0.25) is 4.79 Å². The zero-order valence-corrected chi connectivity index (χ0v) is 12.0. The second-order valence-electron chi connectivity index (χ2n) is 4.95. The van der Waals surface area contributed by atoms with Gasteiger partial charge in [-0.25, -0.2) is 4.68 Å². The van der Waals surface area contributed by atoms with Gasteiger partial charge in [0.05, 0.1) is 12.1 Å². The second kappa shape index (κ2) is 6.19. The highest BCUT2D eigenvalue weighted by molar-refractivity contribution is 6.31. The van der Waals surface area contributed by atoms with E-state index in [4.69, 9.17) is 11.6 Å². The van der Waals surface area contributed by atoms with Gasteiger partial charge in [-0.2, -0.15) is 0 Å². The molecule has 2 heterocycles. The summed E-state index contributed by atoms with van der Waals surface area (Å²) in [5, 5.41) is 17.8. The first-order chi connectivity index (χ1) is 10.2. The number of carbonyl (C=O) groups excluding carboxylic acids is 1. The predicted octanol–water partition coefficient (Wildman–Crippen LogP) is 0.546. The number of carbonyl (C=O) groups is 1. The molecule has 1 amide bonds. The minimum absolute atomic E-state index is 0.0366. The van der Waals surface area contributed by atoms with Gasteiger partial charge in [0.2, 0.25) is 5.91 Å². The summed E-state index contributed by atoms with van der Waals surface area (Å²) in [6, 6.07) is 7.34. The zero-order valence-electron chi connectivity index (χ0n) is 11.2. The van der Waals surface area contributed by atoms with Crippen molar-refractivity contribution in [3.8, 4) is 0 Å². The molecule has 1 fully saturated rings. The lowest BCUT2D eigenvalue weighted by atomic mass is 10.1. The molecule has 0 saturated carbocycles. The van der Waals surface area contributed by atoms with Gasteiger partial charge in [0.15, 0.2) is 0 Å². The largest absolute Gasteiger partial charge is 0.351 e. The van der Waals surface area contributed by atoms with Crippen molar-refractivity contribution >= 4 is 17.5 Å². The minimum atomic E-state index is -0.235. The van der Waals surface area contributed by atoms with E-state index in [0.717, 1.165) is 5.56 Å². The van der Waals surface area contributed by atoms with E-state index in [0.29, 0.717) is 24.5 Å². The number of hydrogen-bond acceptors (Lipinski definition) is 5. The molecule has 0 aliphatic carbocycles. The smallest absolute Gasteiger partial charge is 0.237 e. The maximum absolute atomic E-state index is 12.2. The average Bonchev–Trinajstić information content (AvgIpc) is 3.16. The van der Waals surface area contributed by atoms with Crippen LogP contribution in [0.25, 0.3) is 0 Å².